The third-order valence-electron chi connectivity index (χ3n) is 7.63. The van der Waals surface area contributed by atoms with Crippen LogP contribution in [0.4, 0.5) is 0 Å². The SMILES string of the molecule is CC.Cc1ncsc1-c1ccc(CNC(=O)C2CCCN2C(=O)C(C)C(C)C)c(OCCN2CCNCC2)c1. The van der Waals surface area contributed by atoms with Crippen molar-refractivity contribution in [3.63, 3.8) is 0 Å². The van der Waals surface area contributed by atoms with Gasteiger partial charge in [0.1, 0.15) is 18.4 Å². The fourth-order valence-corrected chi connectivity index (χ4v) is 5.73. The highest BCUT2D eigenvalue weighted by Crippen LogP contribution is 2.32. The number of aromatic nitrogens is 1. The van der Waals surface area contributed by atoms with Crippen molar-refractivity contribution in [3.05, 3.63) is 35.0 Å². The molecule has 2 unspecified atom stereocenters. The monoisotopic (exact) mass is 557 g/mol. The summed E-state index contributed by atoms with van der Waals surface area (Å²) >= 11 is 1.62. The minimum absolute atomic E-state index is 0.0777. The highest BCUT2D eigenvalue weighted by Gasteiger charge is 2.36. The lowest BCUT2D eigenvalue weighted by molar-refractivity contribution is -0.142. The molecule has 2 aliphatic rings. The highest BCUT2D eigenvalue weighted by molar-refractivity contribution is 7.13. The third kappa shape index (κ3) is 8.25. The van der Waals surface area contributed by atoms with E-state index in [-0.39, 0.29) is 23.7 Å². The summed E-state index contributed by atoms with van der Waals surface area (Å²) in [4.78, 5) is 35.9. The predicted molar refractivity (Wildman–Crippen MR) is 159 cm³/mol. The van der Waals surface area contributed by atoms with Crippen molar-refractivity contribution in [3.8, 4) is 16.2 Å². The molecule has 0 spiro atoms. The number of thiazole rings is 1. The molecule has 9 heteroatoms. The van der Waals surface area contributed by atoms with E-state index >= 15 is 0 Å². The number of amides is 2. The molecule has 1 aromatic heterocycles. The maximum atomic E-state index is 13.2. The Kier molecular flexibility index (Phi) is 12.2. The van der Waals surface area contributed by atoms with Gasteiger partial charge in [0.15, 0.2) is 0 Å². The average Bonchev–Trinajstić information content (AvgIpc) is 3.62. The Morgan fingerprint density at radius 3 is 2.59 bits per heavy atom. The first kappa shape index (κ1) is 31.0. The Morgan fingerprint density at radius 1 is 1.18 bits per heavy atom. The average molecular weight is 558 g/mol. The van der Waals surface area contributed by atoms with E-state index in [0.717, 1.165) is 66.6 Å². The number of carbonyl (C=O) groups is 2. The topological polar surface area (TPSA) is 86.8 Å². The summed E-state index contributed by atoms with van der Waals surface area (Å²) in [6.45, 7) is 18.6. The van der Waals surface area contributed by atoms with Gasteiger partial charge < -0.3 is 20.3 Å². The van der Waals surface area contributed by atoms with E-state index in [1.807, 2.05) is 39.3 Å². The van der Waals surface area contributed by atoms with E-state index < -0.39 is 6.04 Å². The molecule has 2 aliphatic heterocycles. The number of aryl methyl sites for hydroxylation is 1. The number of carbonyl (C=O) groups excluding carboxylic acids is 2. The van der Waals surface area contributed by atoms with Gasteiger partial charge in [-0.1, -0.05) is 46.8 Å². The van der Waals surface area contributed by atoms with Crippen LogP contribution in [-0.2, 0) is 16.1 Å². The van der Waals surface area contributed by atoms with Gasteiger partial charge in [-0.3, -0.25) is 14.5 Å². The Morgan fingerprint density at radius 2 is 1.92 bits per heavy atom. The van der Waals surface area contributed by atoms with Crippen LogP contribution in [-0.4, -0.2) is 78.5 Å². The molecule has 2 aromatic rings. The fourth-order valence-electron chi connectivity index (χ4n) is 4.92. The summed E-state index contributed by atoms with van der Waals surface area (Å²) in [5.41, 5.74) is 4.87. The third-order valence-corrected chi connectivity index (χ3v) is 8.61. The molecule has 8 nitrogen and oxygen atoms in total. The molecule has 3 heterocycles. The lowest BCUT2D eigenvalue weighted by Gasteiger charge is -2.28. The molecule has 2 N–H and O–H groups in total. The standard InChI is InChI=1S/C28H41N5O3S.C2H6/c1-19(2)20(3)28(35)33-11-5-6-24(33)27(34)30-17-23-8-7-22(26-21(4)31-18-37-26)16-25(23)36-15-14-32-12-9-29-10-13-32;1-2/h7-8,16,18-20,24,29H,5-6,9-15,17H2,1-4H3,(H,30,34);1-2H3. The van der Waals surface area contributed by atoms with E-state index in [4.69, 9.17) is 4.74 Å². The minimum Gasteiger partial charge on any atom is -0.492 e. The molecule has 4 rings (SSSR count). The van der Waals surface area contributed by atoms with Crippen molar-refractivity contribution in [2.75, 3.05) is 45.9 Å². The van der Waals surface area contributed by atoms with Crippen LogP contribution in [0.2, 0.25) is 0 Å². The Bertz CT molecular complexity index is 1070. The number of hydrogen-bond acceptors (Lipinski definition) is 7. The second kappa shape index (κ2) is 15.3. The fraction of sp³-hybridized carbons (Fsp3) is 0.633. The van der Waals surface area contributed by atoms with E-state index in [1.165, 1.54) is 0 Å². The van der Waals surface area contributed by atoms with Crippen LogP contribution >= 0.6 is 11.3 Å². The van der Waals surface area contributed by atoms with Crippen LogP contribution in [0.15, 0.2) is 23.7 Å². The molecule has 0 aliphatic carbocycles. The van der Waals surface area contributed by atoms with Crippen molar-refractivity contribution in [2.24, 2.45) is 11.8 Å². The number of benzene rings is 1. The molecule has 2 amide bonds. The summed E-state index contributed by atoms with van der Waals surface area (Å²) < 4.78 is 6.30. The summed E-state index contributed by atoms with van der Waals surface area (Å²) in [5.74, 6) is 0.934. The van der Waals surface area contributed by atoms with Crippen molar-refractivity contribution in [1.29, 1.82) is 0 Å². The molecular formula is C30H47N5O3S. The van der Waals surface area contributed by atoms with Gasteiger partial charge in [-0.15, -0.1) is 11.3 Å². The zero-order valence-corrected chi connectivity index (χ0v) is 25.4. The Hall–Kier alpha value is -2.49. The largest absolute Gasteiger partial charge is 0.492 e. The number of nitrogens with one attached hydrogen (secondary N) is 2. The molecule has 2 saturated heterocycles. The zero-order valence-electron chi connectivity index (χ0n) is 24.6. The van der Waals surface area contributed by atoms with Gasteiger partial charge in [0.05, 0.1) is 16.1 Å². The Labute approximate surface area is 238 Å². The van der Waals surface area contributed by atoms with Crippen LogP contribution in [0, 0.1) is 18.8 Å². The van der Waals surface area contributed by atoms with E-state index in [0.29, 0.717) is 26.1 Å². The lowest BCUT2D eigenvalue weighted by atomic mass is 9.96. The van der Waals surface area contributed by atoms with Crippen LogP contribution in [0.1, 0.15) is 58.7 Å². The second-order valence-electron chi connectivity index (χ2n) is 10.5. The molecule has 0 saturated carbocycles. The van der Waals surface area contributed by atoms with Gasteiger partial charge in [0.2, 0.25) is 11.8 Å². The van der Waals surface area contributed by atoms with Crippen LogP contribution < -0.4 is 15.4 Å². The summed E-state index contributed by atoms with van der Waals surface area (Å²) in [6.07, 6.45) is 1.57. The minimum atomic E-state index is -0.398. The van der Waals surface area contributed by atoms with Gasteiger partial charge >= 0.3 is 0 Å². The number of ether oxygens (including phenoxy) is 1. The normalized spacial score (nSPS) is 18.4. The van der Waals surface area contributed by atoms with Gasteiger partial charge in [-0.05, 0) is 37.3 Å². The van der Waals surface area contributed by atoms with Gasteiger partial charge in [0, 0.05) is 57.3 Å². The molecular weight excluding hydrogens is 510 g/mol. The lowest BCUT2D eigenvalue weighted by Crippen LogP contribution is -2.48. The van der Waals surface area contributed by atoms with Gasteiger partial charge in [0.25, 0.3) is 0 Å². The Balaban J connectivity index is 0.00000205. The number of piperazine rings is 1. The summed E-state index contributed by atoms with van der Waals surface area (Å²) in [7, 11) is 0. The molecule has 0 bridgehead atoms. The first-order valence-corrected chi connectivity index (χ1v) is 15.4. The zero-order chi connectivity index (χ0) is 28.4. The molecule has 2 fully saturated rings. The van der Waals surface area contributed by atoms with Gasteiger partial charge in [-0.25, -0.2) is 4.98 Å². The molecule has 39 heavy (non-hydrogen) atoms. The molecule has 216 valence electrons. The van der Waals surface area contributed by atoms with E-state index in [1.54, 1.807) is 16.2 Å². The van der Waals surface area contributed by atoms with E-state index in [9.17, 15) is 9.59 Å². The number of rotatable bonds is 10. The first-order chi connectivity index (χ1) is 18.8. The van der Waals surface area contributed by atoms with Crippen LogP contribution in [0.25, 0.3) is 10.4 Å². The molecule has 0 radical (unpaired) electrons. The maximum Gasteiger partial charge on any atom is 0.243 e. The summed E-state index contributed by atoms with van der Waals surface area (Å²) in [6, 6.07) is 5.77. The van der Waals surface area contributed by atoms with Crippen molar-refractivity contribution < 1.29 is 14.3 Å². The maximum absolute atomic E-state index is 13.2. The van der Waals surface area contributed by atoms with Crippen LogP contribution in [0.3, 0.4) is 0 Å². The number of hydrogen-bond donors (Lipinski definition) is 2. The van der Waals surface area contributed by atoms with Crippen molar-refractivity contribution in [2.45, 2.75) is 67.0 Å². The smallest absolute Gasteiger partial charge is 0.243 e. The quantitative estimate of drug-likeness (QED) is 0.452. The molecule has 2 atom stereocenters. The highest BCUT2D eigenvalue weighted by atomic mass is 32.1. The molecule has 1 aromatic carbocycles. The number of likely N-dealkylation sites (tertiary alicyclic amines) is 1. The van der Waals surface area contributed by atoms with E-state index in [2.05, 4.69) is 46.5 Å². The van der Waals surface area contributed by atoms with Crippen molar-refractivity contribution in [1.82, 2.24) is 25.4 Å². The van der Waals surface area contributed by atoms with Gasteiger partial charge in [-0.2, -0.15) is 0 Å². The number of nitrogens with zero attached hydrogens (tertiary/aromatic N) is 3. The van der Waals surface area contributed by atoms with Crippen LogP contribution in [0.5, 0.6) is 5.75 Å². The summed E-state index contributed by atoms with van der Waals surface area (Å²) in [5, 5.41) is 6.48. The second-order valence-corrected chi connectivity index (χ2v) is 11.3. The first-order valence-electron chi connectivity index (χ1n) is 14.5. The van der Waals surface area contributed by atoms with Crippen molar-refractivity contribution >= 4 is 23.2 Å². The predicted octanol–water partition coefficient (Wildman–Crippen LogP) is 4.33.